The van der Waals surface area contributed by atoms with Crippen LogP contribution in [-0.4, -0.2) is 49.5 Å². The Bertz CT molecular complexity index is 1010. The van der Waals surface area contributed by atoms with E-state index in [1.165, 1.54) is 31.4 Å². The molecule has 4 rings (SSSR count). The van der Waals surface area contributed by atoms with Crippen molar-refractivity contribution in [1.82, 2.24) is 19.9 Å². The van der Waals surface area contributed by atoms with Crippen LogP contribution in [0.15, 0.2) is 53.7 Å². The molecule has 0 bridgehead atoms. The number of benzene rings is 1. The molecule has 2 aliphatic rings. The van der Waals surface area contributed by atoms with E-state index < -0.39 is 10.0 Å². The Kier molecular flexibility index (Phi) is 7.95. The molecular formula is C24H33N5O3S. The summed E-state index contributed by atoms with van der Waals surface area (Å²) in [6.07, 6.45) is 11.1. The van der Waals surface area contributed by atoms with Crippen LogP contribution in [0.3, 0.4) is 0 Å². The Morgan fingerprint density at radius 3 is 2.48 bits per heavy atom. The molecule has 1 saturated heterocycles. The number of hydrogen-bond donors (Lipinski definition) is 3. The number of sulfonamides is 1. The maximum absolute atomic E-state index is 13.1. The Morgan fingerprint density at radius 1 is 1.00 bits per heavy atom. The summed E-state index contributed by atoms with van der Waals surface area (Å²) in [7, 11) is -3.63. The number of anilines is 1. The molecule has 0 radical (unpaired) electrons. The predicted molar refractivity (Wildman–Crippen MR) is 128 cm³/mol. The number of aromatic nitrogens is 1. The molecule has 9 heteroatoms. The summed E-state index contributed by atoms with van der Waals surface area (Å²) in [5.41, 5.74) is 1.42. The molecule has 2 amide bonds. The minimum Gasteiger partial charge on any atom is -0.334 e. The van der Waals surface area contributed by atoms with Gasteiger partial charge in [-0.05, 0) is 74.7 Å². The zero-order valence-electron chi connectivity index (χ0n) is 18.9. The van der Waals surface area contributed by atoms with E-state index >= 15 is 0 Å². The zero-order valence-corrected chi connectivity index (χ0v) is 19.7. The van der Waals surface area contributed by atoms with Crippen LogP contribution in [-0.2, 0) is 16.6 Å². The number of hydrogen-bond acceptors (Lipinski definition) is 5. The second-order valence-corrected chi connectivity index (χ2v) is 10.6. The van der Waals surface area contributed by atoms with E-state index in [4.69, 9.17) is 0 Å². The number of carbonyl (C=O) groups excluding carboxylic acids is 1. The minimum absolute atomic E-state index is 0.0575. The first-order valence-corrected chi connectivity index (χ1v) is 13.3. The van der Waals surface area contributed by atoms with Gasteiger partial charge in [0, 0.05) is 36.7 Å². The first-order chi connectivity index (χ1) is 16.0. The molecule has 3 N–H and O–H groups in total. The van der Waals surface area contributed by atoms with Gasteiger partial charge in [0.25, 0.3) is 0 Å². The monoisotopic (exact) mass is 471 g/mol. The molecule has 2 fully saturated rings. The first kappa shape index (κ1) is 23.7. The molecule has 2 aromatic rings. The number of nitrogens with one attached hydrogen (secondary N) is 3. The molecule has 178 valence electrons. The highest BCUT2D eigenvalue weighted by Gasteiger charge is 2.33. The molecule has 2 atom stereocenters. The lowest BCUT2D eigenvalue weighted by Gasteiger charge is -2.41. The van der Waals surface area contributed by atoms with E-state index in [2.05, 4.69) is 25.2 Å². The van der Waals surface area contributed by atoms with Crippen LogP contribution in [0.25, 0.3) is 0 Å². The van der Waals surface area contributed by atoms with E-state index in [1.54, 1.807) is 24.5 Å². The number of nitrogens with zero attached hydrogens (tertiary/aromatic N) is 2. The largest absolute Gasteiger partial charge is 0.334 e. The van der Waals surface area contributed by atoms with Crippen molar-refractivity contribution >= 4 is 21.7 Å². The number of likely N-dealkylation sites (tertiary alicyclic amines) is 1. The van der Waals surface area contributed by atoms with Crippen LogP contribution in [0, 0.1) is 0 Å². The molecule has 1 saturated carbocycles. The van der Waals surface area contributed by atoms with Crippen LogP contribution >= 0.6 is 0 Å². The maximum atomic E-state index is 13.1. The molecule has 1 aliphatic heterocycles. The number of urea groups is 1. The van der Waals surface area contributed by atoms with Crippen molar-refractivity contribution in [2.45, 2.75) is 68.5 Å². The zero-order chi connectivity index (χ0) is 23.1. The summed E-state index contributed by atoms with van der Waals surface area (Å²) in [5.74, 6) is 0. The molecule has 2 heterocycles. The van der Waals surface area contributed by atoms with Gasteiger partial charge in [-0.2, -0.15) is 0 Å². The Labute approximate surface area is 196 Å². The lowest BCUT2D eigenvalue weighted by molar-refractivity contribution is 0.109. The first-order valence-electron chi connectivity index (χ1n) is 11.8. The molecule has 33 heavy (non-hydrogen) atoms. The third kappa shape index (κ3) is 6.52. The summed E-state index contributed by atoms with van der Waals surface area (Å²) in [6.45, 7) is 2.48. The number of amides is 2. The maximum Gasteiger partial charge on any atom is 0.319 e. The lowest BCUT2D eigenvalue weighted by atomic mass is 9.89. The second kappa shape index (κ2) is 11.1. The van der Waals surface area contributed by atoms with E-state index in [0.29, 0.717) is 12.2 Å². The highest BCUT2D eigenvalue weighted by atomic mass is 32.2. The third-order valence-corrected chi connectivity index (χ3v) is 8.00. The Balaban J connectivity index is 1.34. The van der Waals surface area contributed by atoms with Gasteiger partial charge in [0.2, 0.25) is 10.0 Å². The topological polar surface area (TPSA) is 103 Å². The van der Waals surface area contributed by atoms with Gasteiger partial charge in [0.1, 0.15) is 0 Å². The Morgan fingerprint density at radius 2 is 1.76 bits per heavy atom. The van der Waals surface area contributed by atoms with E-state index in [-0.39, 0.29) is 23.0 Å². The number of rotatable bonds is 7. The van der Waals surface area contributed by atoms with E-state index in [9.17, 15) is 13.2 Å². The summed E-state index contributed by atoms with van der Waals surface area (Å²) < 4.78 is 29.2. The van der Waals surface area contributed by atoms with Crippen LogP contribution in [0.4, 0.5) is 10.5 Å². The SMILES string of the molecule is O=C(NCc1cccnc1)Nc1ccc(S(=O)(=O)NC2CCCCC2N2CCCCC2)cc1. The quantitative estimate of drug-likeness (QED) is 0.574. The van der Waals surface area contributed by atoms with Gasteiger partial charge < -0.3 is 10.6 Å². The van der Waals surface area contributed by atoms with Gasteiger partial charge >= 0.3 is 6.03 Å². The number of carbonyl (C=O) groups is 1. The third-order valence-electron chi connectivity index (χ3n) is 6.49. The van der Waals surface area contributed by atoms with Gasteiger partial charge in [-0.3, -0.25) is 9.88 Å². The molecule has 2 unspecified atom stereocenters. The van der Waals surface area contributed by atoms with Crippen LogP contribution in [0.1, 0.15) is 50.5 Å². The van der Waals surface area contributed by atoms with E-state index in [0.717, 1.165) is 44.3 Å². The standard InChI is InChI=1S/C24H33N5O3S/c30-24(26-18-19-7-6-14-25-17-19)27-20-10-12-21(13-11-20)33(31,32)28-22-8-2-3-9-23(22)29-15-4-1-5-16-29/h6-7,10-14,17,22-23,28H,1-5,8-9,15-16,18H2,(H2,26,27,30). The molecule has 8 nitrogen and oxygen atoms in total. The number of piperidine rings is 1. The summed E-state index contributed by atoms with van der Waals surface area (Å²) in [5, 5.41) is 5.49. The molecule has 1 aromatic carbocycles. The summed E-state index contributed by atoms with van der Waals surface area (Å²) in [6, 6.07) is 9.85. The van der Waals surface area contributed by atoms with Crippen LogP contribution in [0.5, 0.6) is 0 Å². The van der Waals surface area contributed by atoms with Crippen molar-refractivity contribution in [3.05, 3.63) is 54.4 Å². The fraction of sp³-hybridized carbons (Fsp3) is 0.500. The van der Waals surface area contributed by atoms with Gasteiger partial charge in [0.15, 0.2) is 0 Å². The lowest BCUT2D eigenvalue weighted by Crippen LogP contribution is -2.54. The van der Waals surface area contributed by atoms with Crippen LogP contribution in [0.2, 0.25) is 0 Å². The minimum atomic E-state index is -3.63. The van der Waals surface area contributed by atoms with Crippen molar-refractivity contribution in [1.29, 1.82) is 0 Å². The van der Waals surface area contributed by atoms with Crippen LogP contribution < -0.4 is 15.4 Å². The fourth-order valence-corrected chi connectivity index (χ4v) is 6.08. The normalized spacial score (nSPS) is 21.9. The molecule has 1 aliphatic carbocycles. The van der Waals surface area contributed by atoms with Gasteiger partial charge in [0.05, 0.1) is 4.90 Å². The average molecular weight is 472 g/mol. The smallest absolute Gasteiger partial charge is 0.319 e. The predicted octanol–water partition coefficient (Wildman–Crippen LogP) is 3.48. The highest BCUT2D eigenvalue weighted by Crippen LogP contribution is 2.27. The van der Waals surface area contributed by atoms with Gasteiger partial charge in [-0.1, -0.05) is 25.3 Å². The van der Waals surface area contributed by atoms with Crippen molar-refractivity contribution in [2.24, 2.45) is 0 Å². The average Bonchev–Trinajstić information content (AvgIpc) is 2.84. The van der Waals surface area contributed by atoms with E-state index in [1.807, 2.05) is 12.1 Å². The highest BCUT2D eigenvalue weighted by molar-refractivity contribution is 7.89. The molecule has 0 spiro atoms. The Hall–Kier alpha value is -2.49. The second-order valence-electron chi connectivity index (χ2n) is 8.87. The fourth-order valence-electron chi connectivity index (χ4n) is 4.78. The van der Waals surface area contributed by atoms with Gasteiger partial charge in [-0.15, -0.1) is 0 Å². The summed E-state index contributed by atoms with van der Waals surface area (Å²) >= 11 is 0. The van der Waals surface area contributed by atoms with Crippen molar-refractivity contribution in [2.75, 3.05) is 18.4 Å². The van der Waals surface area contributed by atoms with Crippen molar-refractivity contribution in [3.63, 3.8) is 0 Å². The van der Waals surface area contributed by atoms with Crippen molar-refractivity contribution in [3.8, 4) is 0 Å². The summed E-state index contributed by atoms with van der Waals surface area (Å²) in [4.78, 5) is 18.8. The number of pyridine rings is 1. The molecular weight excluding hydrogens is 438 g/mol. The van der Waals surface area contributed by atoms with Crippen molar-refractivity contribution < 1.29 is 13.2 Å². The van der Waals surface area contributed by atoms with Gasteiger partial charge in [-0.25, -0.2) is 17.9 Å². The molecule has 1 aromatic heterocycles.